The van der Waals surface area contributed by atoms with Gasteiger partial charge in [-0.25, -0.2) is 15.0 Å². The van der Waals surface area contributed by atoms with Gasteiger partial charge in [0.2, 0.25) is 5.95 Å². The minimum atomic E-state index is 0.537. The van der Waals surface area contributed by atoms with Gasteiger partial charge in [0.15, 0.2) is 0 Å². The molecule has 0 atom stereocenters. The van der Waals surface area contributed by atoms with E-state index in [-0.39, 0.29) is 0 Å². The van der Waals surface area contributed by atoms with E-state index in [1.807, 2.05) is 18.2 Å². The van der Waals surface area contributed by atoms with Crippen molar-refractivity contribution >= 4 is 23.2 Å². The van der Waals surface area contributed by atoms with E-state index in [1.165, 1.54) is 0 Å². The Hall–Kier alpha value is -1.88. The zero-order valence-corrected chi connectivity index (χ0v) is 11.9. The largest absolute Gasteiger partial charge is 0.370 e. The summed E-state index contributed by atoms with van der Waals surface area (Å²) in [5, 5.41) is 0.537. The van der Waals surface area contributed by atoms with Crippen molar-refractivity contribution in [2.75, 3.05) is 36.0 Å². The number of rotatable bonds is 2. The van der Waals surface area contributed by atoms with E-state index in [4.69, 9.17) is 11.6 Å². The minimum absolute atomic E-state index is 0.537. The second kappa shape index (κ2) is 6.05. The van der Waals surface area contributed by atoms with Gasteiger partial charge in [-0.15, -0.1) is 0 Å². The molecule has 5 nitrogen and oxygen atoms in total. The summed E-state index contributed by atoms with van der Waals surface area (Å²) in [5.74, 6) is 0.808. The molecule has 2 aromatic heterocycles. The highest BCUT2D eigenvalue weighted by Crippen LogP contribution is 2.20. The number of pyridine rings is 1. The Labute approximate surface area is 123 Å². The van der Waals surface area contributed by atoms with Gasteiger partial charge in [0.25, 0.3) is 0 Å². The summed E-state index contributed by atoms with van der Waals surface area (Å²) in [7, 11) is 0. The Morgan fingerprint density at radius 3 is 2.45 bits per heavy atom. The fourth-order valence-electron chi connectivity index (χ4n) is 2.42. The van der Waals surface area contributed by atoms with Crippen LogP contribution in [0.3, 0.4) is 0 Å². The molecular weight excluding hydrogens is 274 g/mol. The quantitative estimate of drug-likeness (QED) is 0.794. The Morgan fingerprint density at radius 2 is 1.65 bits per heavy atom. The average Bonchev–Trinajstić information content (AvgIpc) is 2.74. The highest BCUT2D eigenvalue weighted by molar-refractivity contribution is 6.29. The predicted octanol–water partition coefficient (Wildman–Crippen LogP) is 2.24. The van der Waals surface area contributed by atoms with Crippen molar-refractivity contribution < 1.29 is 0 Å². The van der Waals surface area contributed by atoms with Crippen molar-refractivity contribution in [3.8, 4) is 0 Å². The smallest absolute Gasteiger partial charge is 0.225 e. The van der Waals surface area contributed by atoms with Gasteiger partial charge >= 0.3 is 0 Å². The zero-order chi connectivity index (χ0) is 13.8. The van der Waals surface area contributed by atoms with E-state index in [0.717, 1.165) is 44.2 Å². The Balaban J connectivity index is 1.71. The summed E-state index contributed by atoms with van der Waals surface area (Å²) >= 11 is 5.96. The lowest BCUT2D eigenvalue weighted by Gasteiger charge is -2.23. The second-order valence-electron chi connectivity index (χ2n) is 4.71. The first-order chi connectivity index (χ1) is 9.83. The molecule has 0 saturated carbocycles. The standard InChI is InChI=1S/C14H16ClN5/c15-13-11-12(3-6-16-13)19-7-2-8-20(10-9-19)14-17-4-1-5-18-14/h1,3-6,11H,2,7-10H2. The average molecular weight is 290 g/mol. The molecule has 1 saturated heterocycles. The molecule has 0 N–H and O–H groups in total. The predicted molar refractivity (Wildman–Crippen MR) is 80.3 cm³/mol. The third-order valence-electron chi connectivity index (χ3n) is 3.41. The maximum absolute atomic E-state index is 5.96. The fraction of sp³-hybridized carbons (Fsp3) is 0.357. The number of hydrogen-bond donors (Lipinski definition) is 0. The van der Waals surface area contributed by atoms with E-state index in [9.17, 15) is 0 Å². The topological polar surface area (TPSA) is 45.2 Å². The highest BCUT2D eigenvalue weighted by Gasteiger charge is 2.17. The Morgan fingerprint density at radius 1 is 0.900 bits per heavy atom. The first kappa shape index (κ1) is 13.1. The zero-order valence-electron chi connectivity index (χ0n) is 11.1. The van der Waals surface area contributed by atoms with Crippen LogP contribution < -0.4 is 9.80 Å². The second-order valence-corrected chi connectivity index (χ2v) is 5.10. The summed E-state index contributed by atoms with van der Waals surface area (Å²) < 4.78 is 0. The van der Waals surface area contributed by atoms with Crippen LogP contribution in [0.5, 0.6) is 0 Å². The molecule has 20 heavy (non-hydrogen) atoms. The van der Waals surface area contributed by atoms with Gasteiger partial charge in [-0.2, -0.15) is 0 Å². The number of hydrogen-bond acceptors (Lipinski definition) is 5. The molecular formula is C14H16ClN5. The maximum Gasteiger partial charge on any atom is 0.225 e. The highest BCUT2D eigenvalue weighted by atomic mass is 35.5. The third kappa shape index (κ3) is 2.99. The third-order valence-corrected chi connectivity index (χ3v) is 3.61. The van der Waals surface area contributed by atoms with Gasteiger partial charge in [-0.3, -0.25) is 0 Å². The summed E-state index contributed by atoms with van der Waals surface area (Å²) in [6.07, 6.45) is 6.39. The molecule has 0 aliphatic carbocycles. The van der Waals surface area contributed by atoms with Gasteiger partial charge < -0.3 is 9.80 Å². The van der Waals surface area contributed by atoms with Crippen LogP contribution >= 0.6 is 11.6 Å². The van der Waals surface area contributed by atoms with Crippen LogP contribution in [0, 0.1) is 0 Å². The van der Waals surface area contributed by atoms with Crippen LogP contribution in [-0.4, -0.2) is 41.1 Å². The van der Waals surface area contributed by atoms with Crippen molar-refractivity contribution in [1.29, 1.82) is 0 Å². The van der Waals surface area contributed by atoms with Crippen molar-refractivity contribution in [1.82, 2.24) is 15.0 Å². The minimum Gasteiger partial charge on any atom is -0.370 e. The number of halogens is 1. The molecule has 0 spiro atoms. The maximum atomic E-state index is 5.96. The molecule has 3 heterocycles. The van der Waals surface area contributed by atoms with Crippen LogP contribution in [0.25, 0.3) is 0 Å². The molecule has 104 valence electrons. The van der Waals surface area contributed by atoms with Crippen molar-refractivity contribution in [2.45, 2.75) is 6.42 Å². The normalized spacial score (nSPS) is 16.1. The summed E-state index contributed by atoms with van der Waals surface area (Å²) in [5.41, 5.74) is 1.13. The van der Waals surface area contributed by atoms with Crippen LogP contribution in [0.1, 0.15) is 6.42 Å². The number of aromatic nitrogens is 3. The summed E-state index contributed by atoms with van der Waals surface area (Å²) in [4.78, 5) is 17.2. The Bertz CT molecular complexity index is 563. The SMILES string of the molecule is Clc1cc(N2CCCN(c3ncccn3)CC2)ccn1. The Kier molecular flexibility index (Phi) is 3.97. The van der Waals surface area contributed by atoms with Crippen LogP contribution in [-0.2, 0) is 0 Å². The number of nitrogens with zero attached hydrogens (tertiary/aromatic N) is 5. The van der Waals surface area contributed by atoms with Crippen molar-refractivity contribution in [2.24, 2.45) is 0 Å². The molecule has 0 aromatic carbocycles. The monoisotopic (exact) mass is 289 g/mol. The van der Waals surface area contributed by atoms with E-state index in [1.54, 1.807) is 18.6 Å². The van der Waals surface area contributed by atoms with Crippen molar-refractivity contribution in [3.63, 3.8) is 0 Å². The molecule has 0 amide bonds. The van der Waals surface area contributed by atoms with Crippen LogP contribution in [0.4, 0.5) is 11.6 Å². The molecule has 1 aliphatic rings. The molecule has 1 aliphatic heterocycles. The summed E-state index contributed by atoms with van der Waals surface area (Å²) in [6, 6.07) is 5.75. The molecule has 6 heteroatoms. The molecule has 2 aromatic rings. The lowest BCUT2D eigenvalue weighted by Crippen LogP contribution is -2.31. The lowest BCUT2D eigenvalue weighted by molar-refractivity contribution is 0.782. The van der Waals surface area contributed by atoms with Gasteiger partial charge in [-0.05, 0) is 24.6 Å². The van der Waals surface area contributed by atoms with Crippen molar-refractivity contribution in [3.05, 3.63) is 41.9 Å². The van der Waals surface area contributed by atoms with E-state index in [2.05, 4.69) is 24.8 Å². The lowest BCUT2D eigenvalue weighted by atomic mass is 10.3. The van der Waals surface area contributed by atoms with E-state index < -0.39 is 0 Å². The van der Waals surface area contributed by atoms with Gasteiger partial charge in [0, 0.05) is 50.5 Å². The van der Waals surface area contributed by atoms with Crippen LogP contribution in [0.15, 0.2) is 36.8 Å². The summed E-state index contributed by atoms with van der Waals surface area (Å²) in [6.45, 7) is 3.81. The molecule has 0 bridgehead atoms. The van der Waals surface area contributed by atoms with Gasteiger partial charge in [-0.1, -0.05) is 11.6 Å². The fourth-order valence-corrected chi connectivity index (χ4v) is 2.59. The van der Waals surface area contributed by atoms with Gasteiger partial charge in [0.1, 0.15) is 5.15 Å². The first-order valence-corrected chi connectivity index (χ1v) is 7.09. The molecule has 3 rings (SSSR count). The van der Waals surface area contributed by atoms with Gasteiger partial charge in [0.05, 0.1) is 0 Å². The molecule has 1 fully saturated rings. The first-order valence-electron chi connectivity index (χ1n) is 6.71. The molecule has 0 radical (unpaired) electrons. The van der Waals surface area contributed by atoms with E-state index in [0.29, 0.717) is 5.15 Å². The van der Waals surface area contributed by atoms with E-state index >= 15 is 0 Å². The number of anilines is 2. The van der Waals surface area contributed by atoms with Crippen LogP contribution in [0.2, 0.25) is 5.15 Å². The molecule has 0 unspecified atom stereocenters.